The lowest BCUT2D eigenvalue weighted by atomic mass is 9.99. The highest BCUT2D eigenvalue weighted by molar-refractivity contribution is 5.46. The van der Waals surface area contributed by atoms with Crippen molar-refractivity contribution in [1.82, 2.24) is 4.90 Å². The van der Waals surface area contributed by atoms with Crippen LogP contribution >= 0.6 is 0 Å². The molecule has 1 aromatic carbocycles. The number of hydrogen-bond donors (Lipinski definition) is 1. The molecule has 2 rings (SSSR count). The molecule has 1 aromatic rings. The summed E-state index contributed by atoms with van der Waals surface area (Å²) in [7, 11) is 1.78. The normalized spacial score (nSPS) is 17.9. The van der Waals surface area contributed by atoms with Gasteiger partial charge in [-0.15, -0.1) is 0 Å². The number of nitrogens with one attached hydrogen (secondary N) is 1. The minimum atomic E-state index is -0.0838. The highest BCUT2D eigenvalue weighted by atomic mass is 16.5. The lowest BCUT2D eigenvalue weighted by Gasteiger charge is -2.27. The number of ether oxygens (including phenoxy) is 1. The molecular formula is C18H30N2O. The molecule has 1 N–H and O–H groups in total. The van der Waals surface area contributed by atoms with Crippen molar-refractivity contribution >= 4 is 5.69 Å². The summed E-state index contributed by atoms with van der Waals surface area (Å²) in [5.74, 6) is 0. The van der Waals surface area contributed by atoms with Crippen LogP contribution in [0.4, 0.5) is 5.69 Å². The number of rotatable bonds is 7. The highest BCUT2D eigenvalue weighted by Crippen LogP contribution is 2.20. The van der Waals surface area contributed by atoms with Gasteiger partial charge in [0.1, 0.15) is 0 Å². The standard InChI is InChI=1S/C18H30N2O/c1-15(13-18(2,3)21-4)19-17-9-7-8-16(12-17)14-20-10-5-6-11-20/h7-9,12,15,19H,5-6,10-11,13-14H2,1-4H3. The summed E-state index contributed by atoms with van der Waals surface area (Å²) >= 11 is 0. The van der Waals surface area contributed by atoms with Crippen LogP contribution in [0.3, 0.4) is 0 Å². The molecule has 1 aliphatic heterocycles. The van der Waals surface area contributed by atoms with E-state index in [1.165, 1.54) is 37.2 Å². The van der Waals surface area contributed by atoms with Crippen LogP contribution in [0.1, 0.15) is 45.6 Å². The molecule has 0 spiro atoms. The molecule has 1 atom stereocenters. The smallest absolute Gasteiger partial charge is 0.0642 e. The Bertz CT molecular complexity index is 439. The molecule has 21 heavy (non-hydrogen) atoms. The molecule has 0 bridgehead atoms. The van der Waals surface area contributed by atoms with E-state index >= 15 is 0 Å². The quantitative estimate of drug-likeness (QED) is 0.824. The van der Waals surface area contributed by atoms with Crippen LogP contribution in [0.5, 0.6) is 0 Å². The summed E-state index contributed by atoms with van der Waals surface area (Å²) in [5.41, 5.74) is 2.53. The maximum atomic E-state index is 5.51. The molecule has 0 radical (unpaired) electrons. The van der Waals surface area contributed by atoms with Crippen molar-refractivity contribution in [2.24, 2.45) is 0 Å². The number of benzene rings is 1. The number of methoxy groups -OCH3 is 1. The molecule has 1 fully saturated rings. The first kappa shape index (κ1) is 16.3. The Balaban J connectivity index is 1.90. The topological polar surface area (TPSA) is 24.5 Å². The Morgan fingerprint density at radius 3 is 2.67 bits per heavy atom. The third kappa shape index (κ3) is 5.33. The Kier molecular flexibility index (Phi) is 5.65. The average Bonchev–Trinajstić information content (AvgIpc) is 2.91. The molecule has 1 saturated heterocycles. The molecule has 1 aliphatic rings. The molecule has 0 aromatic heterocycles. The Morgan fingerprint density at radius 1 is 1.29 bits per heavy atom. The fourth-order valence-corrected chi connectivity index (χ4v) is 3.11. The second-order valence-electron chi connectivity index (χ2n) is 6.90. The molecule has 0 amide bonds. The van der Waals surface area contributed by atoms with E-state index in [4.69, 9.17) is 4.74 Å². The van der Waals surface area contributed by atoms with Crippen molar-refractivity contribution in [2.75, 3.05) is 25.5 Å². The zero-order valence-corrected chi connectivity index (χ0v) is 14.0. The lowest BCUT2D eigenvalue weighted by Crippen LogP contribution is -2.31. The average molecular weight is 290 g/mol. The Morgan fingerprint density at radius 2 is 2.00 bits per heavy atom. The van der Waals surface area contributed by atoms with Gasteiger partial charge in [-0.05, 0) is 70.8 Å². The second kappa shape index (κ2) is 7.28. The number of likely N-dealkylation sites (tertiary alicyclic amines) is 1. The third-order valence-electron chi connectivity index (χ3n) is 4.30. The van der Waals surface area contributed by atoms with Crippen LogP contribution in [0.25, 0.3) is 0 Å². The van der Waals surface area contributed by atoms with E-state index in [2.05, 4.69) is 55.3 Å². The van der Waals surface area contributed by atoms with E-state index in [1.54, 1.807) is 7.11 Å². The first-order valence-electron chi connectivity index (χ1n) is 8.11. The largest absolute Gasteiger partial charge is 0.382 e. The van der Waals surface area contributed by atoms with Gasteiger partial charge in [-0.1, -0.05) is 12.1 Å². The minimum Gasteiger partial charge on any atom is -0.382 e. The van der Waals surface area contributed by atoms with Crippen LogP contribution < -0.4 is 5.32 Å². The molecule has 118 valence electrons. The monoisotopic (exact) mass is 290 g/mol. The Labute approximate surface area is 129 Å². The van der Waals surface area contributed by atoms with Crippen LogP contribution in [0.2, 0.25) is 0 Å². The maximum absolute atomic E-state index is 5.51. The highest BCUT2D eigenvalue weighted by Gasteiger charge is 2.20. The van der Waals surface area contributed by atoms with Gasteiger partial charge < -0.3 is 10.1 Å². The van der Waals surface area contributed by atoms with Gasteiger partial charge in [0.25, 0.3) is 0 Å². The second-order valence-corrected chi connectivity index (χ2v) is 6.90. The van der Waals surface area contributed by atoms with Gasteiger partial charge in [0, 0.05) is 25.4 Å². The predicted octanol–water partition coefficient (Wildman–Crippen LogP) is 3.90. The lowest BCUT2D eigenvalue weighted by molar-refractivity contribution is 0.0128. The summed E-state index contributed by atoms with van der Waals surface area (Å²) in [6.07, 6.45) is 3.68. The molecule has 0 aliphatic carbocycles. The zero-order chi connectivity index (χ0) is 15.3. The van der Waals surface area contributed by atoms with Crippen LogP contribution in [0, 0.1) is 0 Å². The van der Waals surface area contributed by atoms with Gasteiger partial charge >= 0.3 is 0 Å². The zero-order valence-electron chi connectivity index (χ0n) is 14.0. The van der Waals surface area contributed by atoms with Crippen molar-refractivity contribution < 1.29 is 4.74 Å². The van der Waals surface area contributed by atoms with E-state index in [0.29, 0.717) is 6.04 Å². The number of hydrogen-bond acceptors (Lipinski definition) is 3. The van der Waals surface area contributed by atoms with Crippen LogP contribution in [-0.4, -0.2) is 36.7 Å². The first-order valence-corrected chi connectivity index (χ1v) is 8.11. The first-order chi connectivity index (χ1) is 9.98. The molecule has 1 unspecified atom stereocenters. The van der Waals surface area contributed by atoms with Gasteiger partial charge in [-0.3, -0.25) is 4.90 Å². The molecule has 1 heterocycles. The van der Waals surface area contributed by atoms with Gasteiger partial charge in [-0.2, -0.15) is 0 Å². The predicted molar refractivity (Wildman–Crippen MR) is 89.7 cm³/mol. The van der Waals surface area contributed by atoms with Gasteiger partial charge in [-0.25, -0.2) is 0 Å². The molecular weight excluding hydrogens is 260 g/mol. The third-order valence-corrected chi connectivity index (χ3v) is 4.30. The number of anilines is 1. The van der Waals surface area contributed by atoms with Crippen molar-refractivity contribution in [1.29, 1.82) is 0 Å². The van der Waals surface area contributed by atoms with E-state index in [-0.39, 0.29) is 5.60 Å². The molecule has 3 nitrogen and oxygen atoms in total. The minimum absolute atomic E-state index is 0.0838. The summed E-state index contributed by atoms with van der Waals surface area (Å²) < 4.78 is 5.51. The van der Waals surface area contributed by atoms with E-state index in [1.807, 2.05) is 0 Å². The van der Waals surface area contributed by atoms with E-state index in [9.17, 15) is 0 Å². The molecule has 3 heteroatoms. The van der Waals surface area contributed by atoms with Crippen molar-refractivity contribution in [3.63, 3.8) is 0 Å². The van der Waals surface area contributed by atoms with Gasteiger partial charge in [0.05, 0.1) is 5.60 Å². The Hall–Kier alpha value is -1.06. The van der Waals surface area contributed by atoms with Crippen molar-refractivity contribution in [3.8, 4) is 0 Å². The van der Waals surface area contributed by atoms with Crippen molar-refractivity contribution in [3.05, 3.63) is 29.8 Å². The van der Waals surface area contributed by atoms with Crippen LogP contribution in [0.15, 0.2) is 24.3 Å². The van der Waals surface area contributed by atoms with Crippen molar-refractivity contribution in [2.45, 2.75) is 58.2 Å². The van der Waals surface area contributed by atoms with Gasteiger partial charge in [0.15, 0.2) is 0 Å². The molecule has 0 saturated carbocycles. The fraction of sp³-hybridized carbons (Fsp3) is 0.667. The maximum Gasteiger partial charge on any atom is 0.0642 e. The van der Waals surface area contributed by atoms with E-state index in [0.717, 1.165) is 13.0 Å². The summed E-state index contributed by atoms with van der Waals surface area (Å²) in [6.45, 7) is 10.1. The van der Waals surface area contributed by atoms with E-state index < -0.39 is 0 Å². The SMILES string of the molecule is COC(C)(C)CC(C)Nc1cccc(CN2CCCC2)c1. The fourth-order valence-electron chi connectivity index (χ4n) is 3.11. The summed E-state index contributed by atoms with van der Waals surface area (Å²) in [6, 6.07) is 9.22. The van der Waals surface area contributed by atoms with Gasteiger partial charge in [0.2, 0.25) is 0 Å². The summed E-state index contributed by atoms with van der Waals surface area (Å²) in [4.78, 5) is 2.54. The number of nitrogens with zero attached hydrogens (tertiary/aromatic N) is 1. The summed E-state index contributed by atoms with van der Waals surface area (Å²) in [5, 5.41) is 3.60. The van der Waals surface area contributed by atoms with Crippen LogP contribution in [-0.2, 0) is 11.3 Å².